The van der Waals surface area contributed by atoms with Crippen molar-refractivity contribution in [2.75, 3.05) is 0 Å². The predicted octanol–water partition coefficient (Wildman–Crippen LogP) is 3.21. The van der Waals surface area contributed by atoms with Gasteiger partial charge in [-0.05, 0) is 37.0 Å². The highest BCUT2D eigenvalue weighted by molar-refractivity contribution is 5.82. The Kier molecular flexibility index (Phi) is 4.36. The van der Waals surface area contributed by atoms with Crippen LogP contribution in [0.3, 0.4) is 0 Å². The summed E-state index contributed by atoms with van der Waals surface area (Å²) in [6.45, 7) is 8.18. The van der Waals surface area contributed by atoms with Crippen LogP contribution in [0.5, 0.6) is 0 Å². The fourth-order valence-corrected chi connectivity index (χ4v) is 4.17. The molecule has 4 nitrogen and oxygen atoms in total. The summed E-state index contributed by atoms with van der Waals surface area (Å²) in [6, 6.07) is 0.0977. The quantitative estimate of drug-likeness (QED) is 0.840. The van der Waals surface area contributed by atoms with Gasteiger partial charge in [-0.15, -0.1) is 0 Å². The first kappa shape index (κ1) is 16.3. The summed E-state index contributed by atoms with van der Waals surface area (Å²) in [4.78, 5) is 24.0. The van der Waals surface area contributed by atoms with Crippen LogP contribution in [0.15, 0.2) is 0 Å². The van der Waals surface area contributed by atoms with E-state index in [1.54, 1.807) is 0 Å². The summed E-state index contributed by atoms with van der Waals surface area (Å²) in [7, 11) is 0. The first-order valence-electron chi connectivity index (χ1n) is 8.22. The number of carboxylic acid groups (broad SMARTS) is 1. The molecule has 0 bridgehead atoms. The van der Waals surface area contributed by atoms with Crippen LogP contribution < -0.4 is 5.32 Å². The highest BCUT2D eigenvalue weighted by Crippen LogP contribution is 2.46. The zero-order chi connectivity index (χ0) is 15.8. The number of carboxylic acids is 1. The average Bonchev–Trinajstić information content (AvgIpc) is 2.83. The zero-order valence-electron chi connectivity index (χ0n) is 13.7. The molecule has 1 amide bonds. The lowest BCUT2D eigenvalue weighted by atomic mass is 9.61. The Hall–Kier alpha value is -1.06. The summed E-state index contributed by atoms with van der Waals surface area (Å²) >= 11 is 0. The molecule has 2 aliphatic rings. The number of hydrogen-bond acceptors (Lipinski definition) is 2. The molecule has 21 heavy (non-hydrogen) atoms. The number of hydrogen-bond donors (Lipinski definition) is 2. The number of carbonyl (C=O) groups excluding carboxylic acids is 1. The maximum atomic E-state index is 12.6. The summed E-state index contributed by atoms with van der Waals surface area (Å²) in [5.41, 5.74) is -0.508. The molecular weight excluding hydrogens is 266 g/mol. The molecule has 2 rings (SSSR count). The van der Waals surface area contributed by atoms with Gasteiger partial charge in [0.05, 0.1) is 5.92 Å². The van der Waals surface area contributed by atoms with Crippen LogP contribution in [-0.2, 0) is 9.59 Å². The number of amides is 1. The minimum absolute atomic E-state index is 0.0977. The lowest BCUT2D eigenvalue weighted by Crippen LogP contribution is -2.54. The van der Waals surface area contributed by atoms with Crippen molar-refractivity contribution in [2.45, 2.75) is 72.3 Å². The Bertz CT molecular complexity index is 424. The van der Waals surface area contributed by atoms with Crippen molar-refractivity contribution < 1.29 is 14.7 Å². The average molecular weight is 295 g/mol. The molecule has 3 atom stereocenters. The van der Waals surface area contributed by atoms with Crippen LogP contribution in [-0.4, -0.2) is 23.0 Å². The van der Waals surface area contributed by atoms with Crippen molar-refractivity contribution >= 4 is 11.9 Å². The molecule has 0 saturated heterocycles. The van der Waals surface area contributed by atoms with Gasteiger partial charge in [-0.1, -0.05) is 40.5 Å². The maximum Gasteiger partial charge on any atom is 0.307 e. The first-order chi connectivity index (χ1) is 9.68. The standard InChI is InChI=1S/C17H29NO3/c1-11-13(8-7-12(14(19)20)16(11,2)3)18-15(21)17(4)9-5-6-10-17/h11-13H,5-10H2,1-4H3,(H,18,21)(H,19,20). The monoisotopic (exact) mass is 295 g/mol. The van der Waals surface area contributed by atoms with E-state index in [2.05, 4.69) is 19.2 Å². The molecule has 4 heteroatoms. The number of carbonyl (C=O) groups is 2. The third kappa shape index (κ3) is 2.95. The number of rotatable bonds is 3. The first-order valence-corrected chi connectivity index (χ1v) is 8.22. The second-order valence-corrected chi connectivity index (χ2v) is 7.93. The minimum Gasteiger partial charge on any atom is -0.481 e. The van der Waals surface area contributed by atoms with Gasteiger partial charge in [0.1, 0.15) is 0 Å². The molecule has 120 valence electrons. The zero-order valence-corrected chi connectivity index (χ0v) is 13.7. The highest BCUT2D eigenvalue weighted by atomic mass is 16.4. The van der Waals surface area contributed by atoms with Crippen LogP contribution in [0.1, 0.15) is 66.2 Å². The SMILES string of the molecule is CC1C(NC(=O)C2(C)CCCC2)CCC(C(=O)O)C1(C)C. The molecule has 0 heterocycles. The van der Waals surface area contributed by atoms with Gasteiger partial charge >= 0.3 is 5.97 Å². The highest BCUT2D eigenvalue weighted by Gasteiger charge is 2.47. The maximum absolute atomic E-state index is 12.6. The molecule has 3 unspecified atom stereocenters. The van der Waals surface area contributed by atoms with Gasteiger partial charge in [0.15, 0.2) is 0 Å². The van der Waals surface area contributed by atoms with Crippen LogP contribution in [0.4, 0.5) is 0 Å². The molecule has 0 aromatic heterocycles. The predicted molar refractivity (Wildman–Crippen MR) is 81.8 cm³/mol. The van der Waals surface area contributed by atoms with Crippen molar-refractivity contribution in [3.63, 3.8) is 0 Å². The third-order valence-corrected chi connectivity index (χ3v) is 6.31. The van der Waals surface area contributed by atoms with E-state index in [0.717, 1.165) is 32.1 Å². The molecule has 2 fully saturated rings. The number of nitrogens with one attached hydrogen (secondary N) is 1. The van der Waals surface area contributed by atoms with Gasteiger partial charge < -0.3 is 10.4 Å². The van der Waals surface area contributed by atoms with Gasteiger partial charge in [-0.2, -0.15) is 0 Å². The fraction of sp³-hybridized carbons (Fsp3) is 0.882. The molecule has 0 aliphatic heterocycles. The van der Waals surface area contributed by atoms with Crippen molar-refractivity contribution in [3.8, 4) is 0 Å². The van der Waals surface area contributed by atoms with E-state index < -0.39 is 5.97 Å². The van der Waals surface area contributed by atoms with Crippen LogP contribution in [0, 0.1) is 22.7 Å². The second-order valence-electron chi connectivity index (χ2n) is 7.93. The van der Waals surface area contributed by atoms with Crippen LogP contribution in [0.25, 0.3) is 0 Å². The Morgan fingerprint density at radius 1 is 1.10 bits per heavy atom. The van der Waals surface area contributed by atoms with Gasteiger partial charge in [-0.3, -0.25) is 9.59 Å². The Labute approximate surface area is 127 Å². The van der Waals surface area contributed by atoms with E-state index >= 15 is 0 Å². The topological polar surface area (TPSA) is 66.4 Å². The van der Waals surface area contributed by atoms with Crippen molar-refractivity contribution in [1.29, 1.82) is 0 Å². The van der Waals surface area contributed by atoms with Crippen molar-refractivity contribution in [1.82, 2.24) is 5.32 Å². The molecule has 0 aromatic carbocycles. The Morgan fingerprint density at radius 2 is 1.67 bits per heavy atom. The van der Waals surface area contributed by atoms with Gasteiger partial charge in [0.25, 0.3) is 0 Å². The van der Waals surface area contributed by atoms with Crippen molar-refractivity contribution in [2.24, 2.45) is 22.7 Å². The summed E-state index contributed by atoms with van der Waals surface area (Å²) in [5, 5.41) is 12.6. The van der Waals surface area contributed by atoms with E-state index in [1.807, 2.05) is 13.8 Å². The van der Waals surface area contributed by atoms with E-state index in [1.165, 1.54) is 0 Å². The normalized spacial score (nSPS) is 34.4. The molecule has 2 saturated carbocycles. The summed E-state index contributed by atoms with van der Waals surface area (Å²) in [5.74, 6) is -0.690. The minimum atomic E-state index is -0.709. The molecule has 2 aliphatic carbocycles. The van der Waals surface area contributed by atoms with Crippen LogP contribution >= 0.6 is 0 Å². The lowest BCUT2D eigenvalue weighted by molar-refractivity contribution is -0.150. The molecule has 2 N–H and O–H groups in total. The Morgan fingerprint density at radius 3 is 2.19 bits per heavy atom. The Balaban J connectivity index is 2.05. The van der Waals surface area contributed by atoms with Crippen LogP contribution in [0.2, 0.25) is 0 Å². The molecule has 0 aromatic rings. The van der Waals surface area contributed by atoms with E-state index in [0.29, 0.717) is 6.42 Å². The van der Waals surface area contributed by atoms with Gasteiger partial charge in [-0.25, -0.2) is 0 Å². The fourth-order valence-electron chi connectivity index (χ4n) is 4.17. The number of aliphatic carboxylic acids is 1. The summed E-state index contributed by atoms with van der Waals surface area (Å²) in [6.07, 6.45) is 5.63. The largest absolute Gasteiger partial charge is 0.481 e. The lowest BCUT2D eigenvalue weighted by Gasteiger charge is -2.46. The van der Waals surface area contributed by atoms with E-state index in [9.17, 15) is 14.7 Å². The van der Waals surface area contributed by atoms with Gasteiger partial charge in [0, 0.05) is 11.5 Å². The van der Waals surface area contributed by atoms with Crippen molar-refractivity contribution in [3.05, 3.63) is 0 Å². The van der Waals surface area contributed by atoms with E-state index in [4.69, 9.17) is 0 Å². The molecule has 0 spiro atoms. The smallest absolute Gasteiger partial charge is 0.307 e. The molecule has 0 radical (unpaired) electrons. The van der Waals surface area contributed by atoms with Gasteiger partial charge in [0.2, 0.25) is 5.91 Å². The molecular formula is C17H29NO3. The van der Waals surface area contributed by atoms with E-state index in [-0.39, 0.29) is 34.6 Å². The third-order valence-electron chi connectivity index (χ3n) is 6.31. The second kappa shape index (κ2) is 5.62. The summed E-state index contributed by atoms with van der Waals surface area (Å²) < 4.78 is 0.